The summed E-state index contributed by atoms with van der Waals surface area (Å²) < 4.78 is 5.51. The van der Waals surface area contributed by atoms with Gasteiger partial charge in [0.05, 0.1) is 23.8 Å². The van der Waals surface area contributed by atoms with Gasteiger partial charge in [-0.2, -0.15) is 0 Å². The number of nitrogens with one attached hydrogen (secondary N) is 1. The van der Waals surface area contributed by atoms with Crippen molar-refractivity contribution in [3.63, 3.8) is 0 Å². The summed E-state index contributed by atoms with van der Waals surface area (Å²) in [6.45, 7) is 3.50. The molecule has 3 amide bonds. The number of hydrogen-bond acceptors (Lipinski definition) is 4. The Morgan fingerprint density at radius 3 is 2.78 bits per heavy atom. The lowest BCUT2D eigenvalue weighted by Crippen LogP contribution is -2.36. The minimum absolute atomic E-state index is 0.0791. The van der Waals surface area contributed by atoms with Crippen molar-refractivity contribution in [3.05, 3.63) is 34.9 Å². The van der Waals surface area contributed by atoms with E-state index < -0.39 is 0 Å². The third-order valence-corrected chi connectivity index (χ3v) is 4.18. The Kier molecular flexibility index (Phi) is 4.43. The number of ether oxygens (including phenoxy) is 1. The fourth-order valence-electron chi connectivity index (χ4n) is 2.93. The van der Waals surface area contributed by atoms with Gasteiger partial charge in [-0.15, -0.1) is 0 Å². The lowest BCUT2D eigenvalue weighted by atomic mass is 10.1. The van der Waals surface area contributed by atoms with Gasteiger partial charge in [-0.3, -0.25) is 19.3 Å². The van der Waals surface area contributed by atoms with Gasteiger partial charge in [0.15, 0.2) is 0 Å². The molecular formula is C17H20N2O4. The highest BCUT2D eigenvalue weighted by atomic mass is 16.5. The summed E-state index contributed by atoms with van der Waals surface area (Å²) in [6.07, 6.45) is 2.57. The van der Waals surface area contributed by atoms with Crippen LogP contribution < -0.4 is 5.32 Å². The average molecular weight is 316 g/mol. The summed E-state index contributed by atoms with van der Waals surface area (Å²) in [6, 6.07) is 4.66. The molecular weight excluding hydrogens is 296 g/mol. The fourth-order valence-corrected chi connectivity index (χ4v) is 2.93. The molecule has 1 unspecified atom stereocenters. The van der Waals surface area contributed by atoms with E-state index >= 15 is 0 Å². The molecule has 1 aromatic rings. The Morgan fingerprint density at radius 1 is 1.30 bits per heavy atom. The van der Waals surface area contributed by atoms with E-state index in [0.29, 0.717) is 29.8 Å². The zero-order valence-corrected chi connectivity index (χ0v) is 13.1. The highest BCUT2D eigenvalue weighted by Crippen LogP contribution is 2.26. The molecule has 122 valence electrons. The highest BCUT2D eigenvalue weighted by molar-refractivity contribution is 6.22. The first-order valence-corrected chi connectivity index (χ1v) is 8.02. The first-order valence-electron chi connectivity index (χ1n) is 8.02. The molecule has 2 aliphatic heterocycles. The number of hydrogen-bond donors (Lipinski definition) is 1. The molecule has 23 heavy (non-hydrogen) atoms. The molecule has 0 bridgehead atoms. The fraction of sp³-hybridized carbons (Fsp3) is 0.471. The Morgan fingerprint density at radius 2 is 2.09 bits per heavy atom. The predicted molar refractivity (Wildman–Crippen MR) is 83.4 cm³/mol. The monoisotopic (exact) mass is 316 g/mol. The molecule has 0 saturated carbocycles. The van der Waals surface area contributed by atoms with E-state index in [1.54, 1.807) is 12.1 Å². The SMILES string of the molecule is CCCNC(=O)c1ccc2c(c1)C(=O)N(CC1CCCO1)C2=O. The van der Waals surface area contributed by atoms with Gasteiger partial charge in [0.1, 0.15) is 0 Å². The van der Waals surface area contributed by atoms with Crippen molar-refractivity contribution in [2.75, 3.05) is 19.7 Å². The van der Waals surface area contributed by atoms with Crippen LogP contribution >= 0.6 is 0 Å². The zero-order chi connectivity index (χ0) is 16.4. The van der Waals surface area contributed by atoms with E-state index in [1.807, 2.05) is 6.92 Å². The Bertz CT molecular complexity index is 650. The maximum Gasteiger partial charge on any atom is 0.261 e. The van der Waals surface area contributed by atoms with E-state index in [0.717, 1.165) is 19.3 Å². The minimum atomic E-state index is -0.342. The van der Waals surface area contributed by atoms with Gasteiger partial charge >= 0.3 is 0 Å². The first kappa shape index (κ1) is 15.7. The summed E-state index contributed by atoms with van der Waals surface area (Å²) in [7, 11) is 0. The lowest BCUT2D eigenvalue weighted by molar-refractivity contribution is 0.0475. The van der Waals surface area contributed by atoms with Gasteiger partial charge in [0.2, 0.25) is 0 Å². The third kappa shape index (κ3) is 2.99. The van der Waals surface area contributed by atoms with Crippen LogP contribution in [0.5, 0.6) is 0 Å². The molecule has 0 spiro atoms. The highest BCUT2D eigenvalue weighted by Gasteiger charge is 2.37. The molecule has 6 nitrogen and oxygen atoms in total. The van der Waals surface area contributed by atoms with Crippen molar-refractivity contribution in [2.45, 2.75) is 32.3 Å². The summed E-state index contributed by atoms with van der Waals surface area (Å²) in [4.78, 5) is 38.1. The molecule has 6 heteroatoms. The molecule has 1 atom stereocenters. The summed E-state index contributed by atoms with van der Waals surface area (Å²) in [5.74, 6) is -0.876. The van der Waals surface area contributed by atoms with E-state index in [1.165, 1.54) is 11.0 Å². The van der Waals surface area contributed by atoms with Gasteiger partial charge in [0, 0.05) is 18.7 Å². The van der Waals surface area contributed by atoms with Gasteiger partial charge in [-0.05, 0) is 37.5 Å². The van der Waals surface area contributed by atoms with Crippen LogP contribution in [0.1, 0.15) is 57.3 Å². The number of carbonyl (C=O) groups is 3. The summed E-state index contributed by atoms with van der Waals surface area (Å²) in [5.41, 5.74) is 1.06. The minimum Gasteiger partial charge on any atom is -0.376 e. The molecule has 2 aliphatic rings. The molecule has 1 saturated heterocycles. The quantitative estimate of drug-likeness (QED) is 0.837. The van der Waals surface area contributed by atoms with Crippen LogP contribution in [0.2, 0.25) is 0 Å². The van der Waals surface area contributed by atoms with Gasteiger partial charge < -0.3 is 10.1 Å². The molecule has 1 aromatic carbocycles. The van der Waals surface area contributed by atoms with Crippen molar-refractivity contribution in [1.82, 2.24) is 10.2 Å². The number of fused-ring (bicyclic) bond motifs is 1. The van der Waals surface area contributed by atoms with Crippen molar-refractivity contribution >= 4 is 17.7 Å². The number of benzene rings is 1. The molecule has 0 aliphatic carbocycles. The molecule has 3 rings (SSSR count). The van der Waals surface area contributed by atoms with Crippen LogP contribution in [-0.4, -0.2) is 48.4 Å². The molecule has 0 radical (unpaired) electrons. The van der Waals surface area contributed by atoms with Gasteiger partial charge in [0.25, 0.3) is 17.7 Å². The predicted octanol–water partition coefficient (Wildman–Crippen LogP) is 1.60. The van der Waals surface area contributed by atoms with E-state index in [9.17, 15) is 14.4 Å². The normalized spacial score (nSPS) is 20.0. The van der Waals surface area contributed by atoms with Crippen LogP contribution in [0.25, 0.3) is 0 Å². The molecule has 0 aromatic heterocycles. The largest absolute Gasteiger partial charge is 0.376 e. The van der Waals surface area contributed by atoms with Crippen LogP contribution in [-0.2, 0) is 4.74 Å². The number of imide groups is 1. The average Bonchev–Trinajstić information content (AvgIpc) is 3.15. The number of carbonyl (C=O) groups excluding carboxylic acids is 3. The van der Waals surface area contributed by atoms with Crippen molar-refractivity contribution in [3.8, 4) is 0 Å². The second kappa shape index (κ2) is 6.50. The van der Waals surface area contributed by atoms with Crippen molar-refractivity contribution < 1.29 is 19.1 Å². The Balaban J connectivity index is 1.79. The van der Waals surface area contributed by atoms with E-state index in [-0.39, 0.29) is 30.4 Å². The van der Waals surface area contributed by atoms with E-state index in [2.05, 4.69) is 5.32 Å². The summed E-state index contributed by atoms with van der Waals surface area (Å²) in [5, 5.41) is 2.77. The second-order valence-corrected chi connectivity index (χ2v) is 5.87. The summed E-state index contributed by atoms with van der Waals surface area (Å²) >= 11 is 0. The number of rotatable bonds is 5. The smallest absolute Gasteiger partial charge is 0.261 e. The second-order valence-electron chi connectivity index (χ2n) is 5.87. The van der Waals surface area contributed by atoms with Crippen LogP contribution in [0.4, 0.5) is 0 Å². The lowest BCUT2D eigenvalue weighted by Gasteiger charge is -2.17. The van der Waals surface area contributed by atoms with Crippen LogP contribution in [0, 0.1) is 0 Å². The first-order chi connectivity index (χ1) is 11.1. The molecule has 1 N–H and O–H groups in total. The standard InChI is InChI=1S/C17H20N2O4/c1-2-7-18-15(20)11-5-6-13-14(9-11)17(22)19(16(13)21)10-12-4-3-8-23-12/h5-6,9,12H,2-4,7-8,10H2,1H3,(H,18,20). The Hall–Kier alpha value is -2.21. The Labute approximate surface area is 134 Å². The maximum absolute atomic E-state index is 12.5. The van der Waals surface area contributed by atoms with Gasteiger partial charge in [-0.1, -0.05) is 6.92 Å². The van der Waals surface area contributed by atoms with Gasteiger partial charge in [-0.25, -0.2) is 0 Å². The number of amides is 3. The van der Waals surface area contributed by atoms with Crippen molar-refractivity contribution in [2.24, 2.45) is 0 Å². The van der Waals surface area contributed by atoms with Crippen molar-refractivity contribution in [1.29, 1.82) is 0 Å². The zero-order valence-electron chi connectivity index (χ0n) is 13.1. The third-order valence-electron chi connectivity index (χ3n) is 4.18. The molecule has 1 fully saturated rings. The van der Waals surface area contributed by atoms with Crippen LogP contribution in [0.15, 0.2) is 18.2 Å². The van der Waals surface area contributed by atoms with E-state index in [4.69, 9.17) is 4.74 Å². The molecule has 2 heterocycles. The maximum atomic E-state index is 12.5. The topological polar surface area (TPSA) is 75.7 Å². The number of nitrogens with zero attached hydrogens (tertiary/aromatic N) is 1. The van der Waals surface area contributed by atoms with Crippen LogP contribution in [0.3, 0.4) is 0 Å².